The van der Waals surface area contributed by atoms with E-state index in [1.54, 1.807) is 12.2 Å². The van der Waals surface area contributed by atoms with E-state index in [1.807, 2.05) is 0 Å². The van der Waals surface area contributed by atoms with Crippen LogP contribution < -0.4 is 0 Å². The zero-order chi connectivity index (χ0) is 23.4. The first-order chi connectivity index (χ1) is 15.2. The molecule has 0 aliphatic heterocycles. The first-order valence-electron chi connectivity index (χ1n) is 9.85. The van der Waals surface area contributed by atoms with Crippen LogP contribution in [-0.4, -0.2) is 39.1 Å². The summed E-state index contributed by atoms with van der Waals surface area (Å²) in [6, 6.07) is 9.55. The molecular weight excluding hydrogens is 422 g/mol. The van der Waals surface area contributed by atoms with Gasteiger partial charge in [-0.05, 0) is 54.6 Å². The Bertz CT molecular complexity index is 1120. The Labute approximate surface area is 183 Å². The van der Waals surface area contributed by atoms with E-state index in [9.17, 15) is 22.7 Å². The van der Waals surface area contributed by atoms with Crippen LogP contribution in [0.15, 0.2) is 86.2 Å². The van der Waals surface area contributed by atoms with E-state index < -0.39 is 24.1 Å². The highest BCUT2D eigenvalue weighted by Crippen LogP contribution is 2.40. The number of aliphatic hydroxyl groups is 1. The molecule has 8 heteroatoms. The number of hydrogen-bond acceptors (Lipinski definition) is 3. The molecular formula is C24H23F4N3O. The lowest BCUT2D eigenvalue weighted by Crippen LogP contribution is -2.50. The van der Waals surface area contributed by atoms with Gasteiger partial charge in [0.15, 0.2) is 0 Å². The van der Waals surface area contributed by atoms with E-state index in [-0.39, 0.29) is 12.1 Å². The van der Waals surface area contributed by atoms with Crippen molar-refractivity contribution in [3.05, 3.63) is 97.6 Å². The largest absolute Gasteiger partial charge is 0.423 e. The Morgan fingerprint density at radius 3 is 2.41 bits per heavy atom. The van der Waals surface area contributed by atoms with Crippen LogP contribution in [0.5, 0.6) is 0 Å². The molecule has 3 rings (SSSR count). The van der Waals surface area contributed by atoms with Gasteiger partial charge in [0.25, 0.3) is 0 Å². The van der Waals surface area contributed by atoms with Gasteiger partial charge in [0.1, 0.15) is 5.82 Å². The van der Waals surface area contributed by atoms with Crippen molar-refractivity contribution in [2.24, 2.45) is 0 Å². The molecule has 1 heterocycles. The second kappa shape index (κ2) is 9.40. The summed E-state index contributed by atoms with van der Waals surface area (Å²) in [4.78, 5) is 1.34. The third kappa shape index (κ3) is 4.75. The van der Waals surface area contributed by atoms with Crippen LogP contribution in [0.3, 0.4) is 0 Å². The zero-order valence-electron chi connectivity index (χ0n) is 17.3. The molecule has 2 aromatic carbocycles. The minimum atomic E-state index is -4.93. The van der Waals surface area contributed by atoms with Gasteiger partial charge in [0, 0.05) is 11.9 Å². The lowest BCUT2D eigenvalue weighted by Gasteiger charge is -2.35. The fraction of sp³-hybridized carbons (Fsp3) is 0.208. The fourth-order valence-corrected chi connectivity index (χ4v) is 3.37. The first-order valence-corrected chi connectivity index (χ1v) is 9.85. The van der Waals surface area contributed by atoms with Crippen LogP contribution in [0.2, 0.25) is 0 Å². The van der Waals surface area contributed by atoms with Gasteiger partial charge in [-0.15, -0.1) is 13.2 Å². The number of nitrogens with zero attached hydrogens (tertiary/aromatic N) is 3. The molecule has 1 aromatic heterocycles. The van der Waals surface area contributed by atoms with Crippen LogP contribution >= 0.6 is 0 Å². The number of hydrogen-bond donors (Lipinski definition) is 1. The summed E-state index contributed by atoms with van der Waals surface area (Å²) in [6.07, 6.45) is 3.18. The highest BCUT2D eigenvalue weighted by molar-refractivity contribution is 5.81. The minimum Gasteiger partial charge on any atom is -0.375 e. The number of benzene rings is 2. The summed E-state index contributed by atoms with van der Waals surface area (Å²) in [5.41, 5.74) is -2.34. The monoisotopic (exact) mass is 445 g/mol. The summed E-state index contributed by atoms with van der Waals surface area (Å²) in [6.45, 7) is 6.56. The van der Waals surface area contributed by atoms with Crippen LogP contribution in [-0.2, 0) is 5.60 Å². The maximum Gasteiger partial charge on any atom is 0.423 e. The number of halogens is 4. The van der Waals surface area contributed by atoms with E-state index in [4.69, 9.17) is 0 Å². The van der Waals surface area contributed by atoms with Crippen molar-refractivity contribution in [2.45, 2.75) is 18.2 Å². The van der Waals surface area contributed by atoms with Crippen molar-refractivity contribution < 1.29 is 22.7 Å². The molecule has 0 aliphatic rings. The van der Waals surface area contributed by atoms with Gasteiger partial charge in [-0.3, -0.25) is 0 Å². The van der Waals surface area contributed by atoms with Crippen LogP contribution in [0.1, 0.15) is 12.0 Å². The SMILES string of the molecule is C=CC/C=C\N(CC=C)CC(O)(c1ccc2c(cnn2-c2ccc(F)cc2)c1)C(F)(F)F. The van der Waals surface area contributed by atoms with E-state index >= 15 is 0 Å². The van der Waals surface area contributed by atoms with Crippen molar-refractivity contribution in [2.75, 3.05) is 13.1 Å². The van der Waals surface area contributed by atoms with Gasteiger partial charge >= 0.3 is 6.18 Å². The Balaban J connectivity index is 2.01. The third-order valence-corrected chi connectivity index (χ3v) is 5.00. The molecule has 1 N–H and O–H groups in total. The van der Waals surface area contributed by atoms with Crippen molar-refractivity contribution >= 4 is 10.9 Å². The van der Waals surface area contributed by atoms with E-state index in [2.05, 4.69) is 18.3 Å². The molecule has 3 aromatic rings. The van der Waals surface area contributed by atoms with Crippen LogP contribution in [0.4, 0.5) is 17.6 Å². The summed E-state index contributed by atoms with van der Waals surface area (Å²) in [5, 5.41) is 15.5. The van der Waals surface area contributed by atoms with Crippen LogP contribution in [0.25, 0.3) is 16.6 Å². The minimum absolute atomic E-state index is 0.122. The van der Waals surface area contributed by atoms with Crippen LogP contribution in [0, 0.1) is 5.82 Å². The standard InChI is InChI=1S/C24H23F4N3O/c1-3-5-6-14-30(13-4-2)17-23(32,24(26,27)28)19-7-12-22-18(15-19)16-29-31(22)21-10-8-20(25)9-11-21/h3-4,6-12,14-16,32H,1-2,5,13,17H2/b14-6-. The molecule has 0 spiro atoms. The fourth-order valence-electron chi connectivity index (χ4n) is 3.37. The Kier molecular flexibility index (Phi) is 6.84. The molecule has 0 aliphatic carbocycles. The molecule has 168 valence electrons. The third-order valence-electron chi connectivity index (χ3n) is 5.00. The molecule has 0 amide bonds. The summed E-state index contributed by atoms with van der Waals surface area (Å²) in [5.74, 6) is -0.408. The van der Waals surface area contributed by atoms with E-state index in [1.165, 1.54) is 70.5 Å². The van der Waals surface area contributed by atoms with Crippen molar-refractivity contribution in [1.82, 2.24) is 14.7 Å². The predicted octanol–water partition coefficient (Wildman–Crippen LogP) is 5.49. The number of allylic oxidation sites excluding steroid dienone is 2. The number of aromatic nitrogens is 2. The maximum absolute atomic E-state index is 14.1. The van der Waals surface area contributed by atoms with Crippen molar-refractivity contribution in [3.63, 3.8) is 0 Å². The molecule has 1 unspecified atom stereocenters. The quantitative estimate of drug-likeness (QED) is 0.350. The summed E-state index contributed by atoms with van der Waals surface area (Å²) in [7, 11) is 0. The Morgan fingerprint density at radius 2 is 1.78 bits per heavy atom. The zero-order valence-corrected chi connectivity index (χ0v) is 17.3. The molecule has 32 heavy (non-hydrogen) atoms. The highest BCUT2D eigenvalue weighted by atomic mass is 19.4. The van der Waals surface area contributed by atoms with Gasteiger partial charge in [0.05, 0.1) is 23.9 Å². The molecule has 0 saturated carbocycles. The normalized spacial score (nSPS) is 13.9. The first kappa shape index (κ1) is 23.3. The summed E-state index contributed by atoms with van der Waals surface area (Å²) < 4.78 is 57.0. The second-order valence-electron chi connectivity index (χ2n) is 7.29. The van der Waals surface area contributed by atoms with Gasteiger partial charge in [-0.2, -0.15) is 18.3 Å². The number of alkyl halides is 3. The highest BCUT2D eigenvalue weighted by Gasteiger charge is 2.55. The van der Waals surface area contributed by atoms with Crippen molar-refractivity contribution in [3.8, 4) is 5.69 Å². The molecule has 4 nitrogen and oxygen atoms in total. The molecule has 0 fully saturated rings. The molecule has 0 saturated heterocycles. The number of rotatable bonds is 9. The lowest BCUT2D eigenvalue weighted by molar-refractivity contribution is -0.269. The average Bonchev–Trinajstić information content (AvgIpc) is 3.17. The van der Waals surface area contributed by atoms with Crippen molar-refractivity contribution in [1.29, 1.82) is 0 Å². The second-order valence-corrected chi connectivity index (χ2v) is 7.29. The van der Waals surface area contributed by atoms with Gasteiger partial charge in [-0.25, -0.2) is 9.07 Å². The smallest absolute Gasteiger partial charge is 0.375 e. The Hall–Kier alpha value is -3.39. The molecule has 1 atom stereocenters. The summed E-state index contributed by atoms with van der Waals surface area (Å²) >= 11 is 0. The Morgan fingerprint density at radius 1 is 1.06 bits per heavy atom. The van der Waals surface area contributed by atoms with Gasteiger partial charge in [0.2, 0.25) is 5.60 Å². The lowest BCUT2D eigenvalue weighted by atomic mass is 9.91. The molecule has 0 bridgehead atoms. The maximum atomic E-state index is 14.1. The van der Waals surface area contributed by atoms with Gasteiger partial charge < -0.3 is 10.0 Å². The average molecular weight is 445 g/mol. The topological polar surface area (TPSA) is 41.3 Å². The number of fused-ring (bicyclic) bond motifs is 1. The molecule has 0 radical (unpaired) electrons. The predicted molar refractivity (Wildman–Crippen MR) is 117 cm³/mol. The van der Waals surface area contributed by atoms with E-state index in [0.29, 0.717) is 23.0 Å². The van der Waals surface area contributed by atoms with E-state index in [0.717, 1.165) is 0 Å². The van der Waals surface area contributed by atoms with Gasteiger partial charge in [-0.1, -0.05) is 24.3 Å².